The number of aromatic nitrogens is 2. The lowest BCUT2D eigenvalue weighted by Crippen LogP contribution is -2.00. The first kappa shape index (κ1) is 9.83. The second-order valence-corrected chi connectivity index (χ2v) is 3.65. The summed E-state index contributed by atoms with van der Waals surface area (Å²) in [6, 6.07) is 1.95. The van der Waals surface area contributed by atoms with E-state index in [2.05, 4.69) is 17.3 Å². The molecule has 0 saturated carbocycles. The summed E-state index contributed by atoms with van der Waals surface area (Å²) < 4.78 is 6.89. The van der Waals surface area contributed by atoms with E-state index in [1.807, 2.05) is 24.7 Å². The normalized spacial score (nSPS) is 10.6. The van der Waals surface area contributed by atoms with E-state index in [0.29, 0.717) is 0 Å². The van der Waals surface area contributed by atoms with Crippen LogP contribution in [0.2, 0.25) is 0 Å². The smallest absolute Gasteiger partial charge is 0.0952 e. The second-order valence-electron chi connectivity index (χ2n) is 3.65. The third-order valence-corrected chi connectivity index (χ3v) is 2.56. The van der Waals surface area contributed by atoms with Crippen molar-refractivity contribution in [1.29, 1.82) is 0 Å². The Kier molecular flexibility index (Phi) is 2.49. The number of rotatable bonds is 3. The summed E-state index contributed by atoms with van der Waals surface area (Å²) in [7, 11) is 1.95. The van der Waals surface area contributed by atoms with E-state index in [1.54, 1.807) is 12.5 Å². The maximum atomic E-state index is 5.01. The first-order valence-corrected chi connectivity index (χ1v) is 4.93. The van der Waals surface area contributed by atoms with Crippen LogP contribution >= 0.6 is 0 Å². The van der Waals surface area contributed by atoms with Crippen LogP contribution in [0.5, 0.6) is 0 Å². The topological polar surface area (TPSA) is 43.0 Å². The maximum absolute atomic E-state index is 5.01. The molecule has 2 heterocycles. The number of hydrogen-bond donors (Lipinski definition) is 1. The zero-order chi connectivity index (χ0) is 10.8. The van der Waals surface area contributed by atoms with Gasteiger partial charge in [0, 0.05) is 19.2 Å². The fraction of sp³-hybridized carbons (Fsp3) is 0.364. The molecular weight excluding hydrogens is 190 g/mol. The highest BCUT2D eigenvalue weighted by Gasteiger charge is 2.08. The highest BCUT2D eigenvalue weighted by Crippen LogP contribution is 2.19. The average molecular weight is 205 g/mol. The van der Waals surface area contributed by atoms with Crippen LogP contribution in [0, 0.1) is 13.8 Å². The number of anilines is 1. The molecule has 0 unspecified atom stereocenters. The van der Waals surface area contributed by atoms with Gasteiger partial charge < -0.3 is 9.73 Å². The number of nitrogens with zero attached hydrogens (tertiary/aromatic N) is 2. The van der Waals surface area contributed by atoms with E-state index in [9.17, 15) is 0 Å². The van der Waals surface area contributed by atoms with Gasteiger partial charge in [0.25, 0.3) is 0 Å². The Morgan fingerprint density at radius 2 is 2.27 bits per heavy atom. The van der Waals surface area contributed by atoms with Crippen molar-refractivity contribution in [3.63, 3.8) is 0 Å². The molecule has 0 aliphatic heterocycles. The molecule has 0 saturated heterocycles. The zero-order valence-corrected chi connectivity index (χ0v) is 9.24. The molecule has 2 aromatic heterocycles. The minimum absolute atomic E-state index is 0.768. The van der Waals surface area contributed by atoms with Crippen molar-refractivity contribution >= 4 is 5.69 Å². The molecule has 0 aliphatic rings. The number of aryl methyl sites for hydroxylation is 2. The molecule has 15 heavy (non-hydrogen) atoms. The molecule has 0 radical (unpaired) electrons. The van der Waals surface area contributed by atoms with E-state index in [-0.39, 0.29) is 0 Å². The van der Waals surface area contributed by atoms with Crippen molar-refractivity contribution in [3.05, 3.63) is 35.5 Å². The standard InChI is InChI=1S/C11H15N3O/c1-8-11(9(2)14(3)13-8)12-6-10-4-5-15-7-10/h4-5,7,12H,6H2,1-3H3. The van der Waals surface area contributed by atoms with E-state index in [1.165, 1.54) is 0 Å². The molecule has 4 nitrogen and oxygen atoms in total. The Hall–Kier alpha value is -1.71. The predicted molar refractivity (Wildman–Crippen MR) is 58.7 cm³/mol. The van der Waals surface area contributed by atoms with Crippen LogP contribution in [-0.4, -0.2) is 9.78 Å². The fourth-order valence-corrected chi connectivity index (χ4v) is 1.61. The van der Waals surface area contributed by atoms with Gasteiger partial charge in [-0.1, -0.05) is 0 Å². The highest BCUT2D eigenvalue weighted by atomic mass is 16.3. The van der Waals surface area contributed by atoms with Gasteiger partial charge in [-0.15, -0.1) is 0 Å². The lowest BCUT2D eigenvalue weighted by molar-refractivity contribution is 0.564. The van der Waals surface area contributed by atoms with Gasteiger partial charge >= 0.3 is 0 Å². The van der Waals surface area contributed by atoms with Crippen LogP contribution in [0.15, 0.2) is 23.0 Å². The van der Waals surface area contributed by atoms with Crippen LogP contribution in [0.1, 0.15) is 17.0 Å². The van der Waals surface area contributed by atoms with E-state index in [0.717, 1.165) is 29.2 Å². The van der Waals surface area contributed by atoms with Crippen molar-refractivity contribution in [3.8, 4) is 0 Å². The van der Waals surface area contributed by atoms with Gasteiger partial charge in [-0.25, -0.2) is 0 Å². The summed E-state index contributed by atoms with van der Waals surface area (Å²) >= 11 is 0. The van der Waals surface area contributed by atoms with Gasteiger partial charge in [-0.2, -0.15) is 5.10 Å². The summed E-state index contributed by atoms with van der Waals surface area (Å²) in [5, 5.41) is 7.70. The van der Waals surface area contributed by atoms with E-state index < -0.39 is 0 Å². The zero-order valence-electron chi connectivity index (χ0n) is 9.24. The Morgan fingerprint density at radius 3 is 2.80 bits per heavy atom. The maximum Gasteiger partial charge on any atom is 0.0952 e. The molecule has 0 spiro atoms. The molecule has 0 aromatic carbocycles. The number of nitrogens with one attached hydrogen (secondary N) is 1. The first-order valence-electron chi connectivity index (χ1n) is 4.93. The highest BCUT2D eigenvalue weighted by molar-refractivity contribution is 5.52. The summed E-state index contributed by atoms with van der Waals surface area (Å²) in [6.45, 7) is 4.83. The van der Waals surface area contributed by atoms with Crippen LogP contribution in [0.4, 0.5) is 5.69 Å². The third-order valence-electron chi connectivity index (χ3n) is 2.56. The van der Waals surface area contributed by atoms with Crippen molar-refractivity contribution in [2.24, 2.45) is 7.05 Å². The molecule has 0 bridgehead atoms. The van der Waals surface area contributed by atoms with Gasteiger partial charge in [0.15, 0.2) is 0 Å². The van der Waals surface area contributed by atoms with Crippen LogP contribution < -0.4 is 5.32 Å². The molecule has 2 aromatic rings. The summed E-state index contributed by atoms with van der Waals surface area (Å²) in [4.78, 5) is 0. The number of furan rings is 1. The summed E-state index contributed by atoms with van der Waals surface area (Å²) in [5.74, 6) is 0. The average Bonchev–Trinajstić information content (AvgIpc) is 2.76. The summed E-state index contributed by atoms with van der Waals surface area (Å²) in [5.41, 5.74) is 4.42. The monoisotopic (exact) mass is 205 g/mol. The Morgan fingerprint density at radius 1 is 1.47 bits per heavy atom. The van der Waals surface area contributed by atoms with Crippen molar-refractivity contribution in [2.45, 2.75) is 20.4 Å². The van der Waals surface area contributed by atoms with Crippen LogP contribution in [0.25, 0.3) is 0 Å². The lowest BCUT2D eigenvalue weighted by Gasteiger charge is -2.04. The van der Waals surface area contributed by atoms with Crippen molar-refractivity contribution in [2.75, 3.05) is 5.32 Å². The Bertz CT molecular complexity index is 443. The molecule has 2 rings (SSSR count). The van der Waals surface area contributed by atoms with Crippen molar-refractivity contribution < 1.29 is 4.42 Å². The fourth-order valence-electron chi connectivity index (χ4n) is 1.61. The SMILES string of the molecule is Cc1nn(C)c(C)c1NCc1ccoc1. The second kappa shape index (κ2) is 3.81. The molecule has 80 valence electrons. The van der Waals surface area contributed by atoms with Gasteiger partial charge in [0.05, 0.1) is 29.6 Å². The Labute approximate surface area is 88.9 Å². The van der Waals surface area contributed by atoms with Gasteiger partial charge in [0.2, 0.25) is 0 Å². The molecule has 0 amide bonds. The van der Waals surface area contributed by atoms with Crippen LogP contribution in [0.3, 0.4) is 0 Å². The van der Waals surface area contributed by atoms with Crippen LogP contribution in [-0.2, 0) is 13.6 Å². The third kappa shape index (κ3) is 1.88. The quantitative estimate of drug-likeness (QED) is 0.835. The summed E-state index contributed by atoms with van der Waals surface area (Å²) in [6.07, 6.45) is 3.42. The molecule has 4 heteroatoms. The van der Waals surface area contributed by atoms with E-state index in [4.69, 9.17) is 4.42 Å². The predicted octanol–water partition coefficient (Wildman–Crippen LogP) is 2.24. The molecule has 1 N–H and O–H groups in total. The van der Waals surface area contributed by atoms with E-state index >= 15 is 0 Å². The molecule has 0 fully saturated rings. The first-order chi connectivity index (χ1) is 7.18. The molecule has 0 aliphatic carbocycles. The van der Waals surface area contributed by atoms with Gasteiger partial charge in [-0.05, 0) is 19.9 Å². The van der Waals surface area contributed by atoms with Gasteiger partial charge in [-0.3, -0.25) is 4.68 Å². The molecular formula is C11H15N3O. The van der Waals surface area contributed by atoms with Gasteiger partial charge in [0.1, 0.15) is 0 Å². The number of hydrogen-bond acceptors (Lipinski definition) is 3. The largest absolute Gasteiger partial charge is 0.472 e. The molecule has 0 atom stereocenters. The minimum Gasteiger partial charge on any atom is -0.472 e. The lowest BCUT2D eigenvalue weighted by atomic mass is 10.3. The minimum atomic E-state index is 0.768. The Balaban J connectivity index is 2.11. The van der Waals surface area contributed by atoms with Crippen molar-refractivity contribution in [1.82, 2.24) is 9.78 Å².